The number of ether oxygens (including phenoxy) is 2. The van der Waals surface area contributed by atoms with E-state index in [0.29, 0.717) is 18.3 Å². The zero-order chi connectivity index (χ0) is 18.2. The summed E-state index contributed by atoms with van der Waals surface area (Å²) in [4.78, 5) is 12.1. The first kappa shape index (κ1) is 18.8. The van der Waals surface area contributed by atoms with Crippen molar-refractivity contribution in [3.63, 3.8) is 0 Å². The van der Waals surface area contributed by atoms with Gasteiger partial charge in [-0.3, -0.25) is 4.79 Å². The van der Waals surface area contributed by atoms with Crippen LogP contribution in [0.1, 0.15) is 31.4 Å². The van der Waals surface area contributed by atoms with Gasteiger partial charge in [-0.1, -0.05) is 37.6 Å². The molecule has 0 aliphatic carbocycles. The van der Waals surface area contributed by atoms with Crippen LogP contribution in [0.15, 0.2) is 42.5 Å². The molecule has 4 heteroatoms. The first-order valence-corrected chi connectivity index (χ1v) is 8.67. The smallest absolute Gasteiger partial charge is 0.262 e. The number of rotatable bonds is 8. The lowest BCUT2D eigenvalue weighted by molar-refractivity contribution is -0.118. The SMILES string of the molecule is Cc1ccc(NC(=O)COc2cccc(OCCC(C)C)c2)c(C)c1. The Hall–Kier alpha value is -2.49. The standard InChI is InChI=1S/C21H27NO3/c1-15(2)10-11-24-18-6-5-7-19(13-18)25-14-21(23)22-20-9-8-16(3)12-17(20)4/h5-9,12-13,15H,10-11,14H2,1-4H3,(H,22,23). The summed E-state index contributed by atoms with van der Waals surface area (Å²) in [6.45, 7) is 8.96. The summed E-state index contributed by atoms with van der Waals surface area (Å²) in [5.74, 6) is 1.80. The number of hydrogen-bond acceptors (Lipinski definition) is 3. The van der Waals surface area contributed by atoms with Crippen LogP contribution in [0.25, 0.3) is 0 Å². The largest absolute Gasteiger partial charge is 0.493 e. The summed E-state index contributed by atoms with van der Waals surface area (Å²) in [6, 6.07) is 13.3. The number of anilines is 1. The Kier molecular flexibility index (Phi) is 6.87. The molecule has 0 radical (unpaired) electrons. The summed E-state index contributed by atoms with van der Waals surface area (Å²) < 4.78 is 11.3. The van der Waals surface area contributed by atoms with Gasteiger partial charge in [-0.15, -0.1) is 0 Å². The van der Waals surface area contributed by atoms with Gasteiger partial charge in [0.25, 0.3) is 5.91 Å². The minimum Gasteiger partial charge on any atom is -0.493 e. The highest BCUT2D eigenvalue weighted by atomic mass is 16.5. The molecule has 25 heavy (non-hydrogen) atoms. The van der Waals surface area contributed by atoms with Gasteiger partial charge in [0.15, 0.2) is 6.61 Å². The molecule has 0 unspecified atom stereocenters. The van der Waals surface area contributed by atoms with Crippen LogP contribution >= 0.6 is 0 Å². The van der Waals surface area contributed by atoms with Gasteiger partial charge in [-0.2, -0.15) is 0 Å². The van der Waals surface area contributed by atoms with Gasteiger partial charge in [0.05, 0.1) is 6.61 Å². The maximum absolute atomic E-state index is 12.1. The van der Waals surface area contributed by atoms with Crippen LogP contribution in [0.4, 0.5) is 5.69 Å². The van der Waals surface area contributed by atoms with Gasteiger partial charge in [-0.25, -0.2) is 0 Å². The average Bonchev–Trinajstić information content (AvgIpc) is 2.56. The average molecular weight is 341 g/mol. The molecule has 0 aromatic heterocycles. The Labute approximate surface area is 150 Å². The molecular weight excluding hydrogens is 314 g/mol. The molecule has 0 saturated carbocycles. The van der Waals surface area contributed by atoms with Crippen LogP contribution in [-0.4, -0.2) is 19.1 Å². The fourth-order valence-electron chi connectivity index (χ4n) is 2.36. The number of amides is 1. The second-order valence-corrected chi connectivity index (χ2v) is 6.66. The minimum atomic E-state index is -0.182. The van der Waals surface area contributed by atoms with Crippen LogP contribution in [0.5, 0.6) is 11.5 Å². The Bertz CT molecular complexity index is 710. The topological polar surface area (TPSA) is 47.6 Å². The third-order valence-corrected chi connectivity index (χ3v) is 3.80. The molecule has 0 bridgehead atoms. The summed E-state index contributed by atoms with van der Waals surface area (Å²) in [7, 11) is 0. The lowest BCUT2D eigenvalue weighted by Crippen LogP contribution is -2.20. The maximum Gasteiger partial charge on any atom is 0.262 e. The second-order valence-electron chi connectivity index (χ2n) is 6.66. The third-order valence-electron chi connectivity index (χ3n) is 3.80. The highest BCUT2D eigenvalue weighted by Gasteiger charge is 2.07. The van der Waals surface area contributed by atoms with Crippen molar-refractivity contribution in [2.45, 2.75) is 34.1 Å². The zero-order valence-electron chi connectivity index (χ0n) is 15.5. The van der Waals surface area contributed by atoms with Crippen LogP contribution < -0.4 is 14.8 Å². The van der Waals surface area contributed by atoms with E-state index < -0.39 is 0 Å². The minimum absolute atomic E-state index is 0.0389. The molecule has 0 aliphatic rings. The highest BCUT2D eigenvalue weighted by Crippen LogP contribution is 2.20. The first-order valence-electron chi connectivity index (χ1n) is 8.67. The number of aryl methyl sites for hydroxylation is 2. The van der Waals surface area contributed by atoms with E-state index in [-0.39, 0.29) is 12.5 Å². The van der Waals surface area contributed by atoms with E-state index in [2.05, 4.69) is 19.2 Å². The Morgan fingerprint density at radius 2 is 1.76 bits per heavy atom. The monoisotopic (exact) mass is 341 g/mol. The van der Waals surface area contributed by atoms with Crippen molar-refractivity contribution in [1.82, 2.24) is 0 Å². The van der Waals surface area contributed by atoms with E-state index in [1.54, 1.807) is 0 Å². The molecule has 1 N–H and O–H groups in total. The fraction of sp³-hybridized carbons (Fsp3) is 0.381. The van der Waals surface area contributed by atoms with Crippen molar-refractivity contribution in [1.29, 1.82) is 0 Å². The van der Waals surface area contributed by atoms with E-state index in [4.69, 9.17) is 9.47 Å². The normalized spacial score (nSPS) is 10.6. The van der Waals surface area contributed by atoms with Crippen molar-refractivity contribution in [2.24, 2.45) is 5.92 Å². The third kappa shape index (κ3) is 6.49. The van der Waals surface area contributed by atoms with Crippen LogP contribution in [0, 0.1) is 19.8 Å². The molecule has 134 valence electrons. The van der Waals surface area contributed by atoms with Crippen molar-refractivity contribution in [2.75, 3.05) is 18.5 Å². The van der Waals surface area contributed by atoms with Crippen molar-refractivity contribution in [3.05, 3.63) is 53.6 Å². The number of carbonyl (C=O) groups is 1. The molecule has 2 rings (SSSR count). The van der Waals surface area contributed by atoms with E-state index in [1.807, 2.05) is 56.3 Å². The molecular formula is C21H27NO3. The van der Waals surface area contributed by atoms with Gasteiger partial charge in [-0.05, 0) is 49.9 Å². The number of carbonyl (C=O) groups excluding carboxylic acids is 1. The van der Waals surface area contributed by atoms with Crippen LogP contribution in [-0.2, 0) is 4.79 Å². The summed E-state index contributed by atoms with van der Waals surface area (Å²) >= 11 is 0. The zero-order valence-corrected chi connectivity index (χ0v) is 15.5. The van der Waals surface area contributed by atoms with Gasteiger partial charge >= 0.3 is 0 Å². The number of benzene rings is 2. The molecule has 2 aromatic rings. The van der Waals surface area contributed by atoms with Gasteiger partial charge in [0, 0.05) is 11.8 Å². The predicted molar refractivity (Wildman–Crippen MR) is 101 cm³/mol. The number of hydrogen-bond donors (Lipinski definition) is 1. The Morgan fingerprint density at radius 3 is 2.44 bits per heavy atom. The molecule has 0 heterocycles. The van der Waals surface area contributed by atoms with E-state index in [1.165, 1.54) is 5.56 Å². The van der Waals surface area contributed by atoms with Gasteiger partial charge in [0.1, 0.15) is 11.5 Å². The second kappa shape index (κ2) is 9.11. The van der Waals surface area contributed by atoms with Gasteiger partial charge < -0.3 is 14.8 Å². The van der Waals surface area contributed by atoms with Gasteiger partial charge in [0.2, 0.25) is 0 Å². The Morgan fingerprint density at radius 1 is 1.04 bits per heavy atom. The first-order chi connectivity index (χ1) is 11.9. The van der Waals surface area contributed by atoms with Crippen molar-refractivity contribution < 1.29 is 14.3 Å². The Balaban J connectivity index is 1.84. The van der Waals surface area contributed by atoms with E-state index >= 15 is 0 Å². The lowest BCUT2D eigenvalue weighted by Gasteiger charge is -2.12. The van der Waals surface area contributed by atoms with Crippen LogP contribution in [0.3, 0.4) is 0 Å². The quantitative estimate of drug-likeness (QED) is 0.754. The lowest BCUT2D eigenvalue weighted by atomic mass is 10.1. The number of nitrogens with one attached hydrogen (secondary N) is 1. The molecule has 1 amide bonds. The molecule has 0 atom stereocenters. The highest BCUT2D eigenvalue weighted by molar-refractivity contribution is 5.92. The van der Waals surface area contributed by atoms with E-state index in [9.17, 15) is 4.79 Å². The predicted octanol–water partition coefficient (Wildman–Crippen LogP) is 4.75. The molecule has 0 saturated heterocycles. The summed E-state index contributed by atoms with van der Waals surface area (Å²) in [5.41, 5.74) is 3.01. The van der Waals surface area contributed by atoms with Crippen LogP contribution in [0.2, 0.25) is 0 Å². The molecule has 0 fully saturated rings. The summed E-state index contributed by atoms with van der Waals surface area (Å²) in [5, 5.41) is 2.87. The molecule has 0 aliphatic heterocycles. The van der Waals surface area contributed by atoms with Crippen molar-refractivity contribution >= 4 is 11.6 Å². The summed E-state index contributed by atoms with van der Waals surface area (Å²) in [6.07, 6.45) is 1.00. The van der Waals surface area contributed by atoms with E-state index in [0.717, 1.165) is 23.4 Å². The fourth-order valence-corrected chi connectivity index (χ4v) is 2.36. The molecule has 4 nitrogen and oxygen atoms in total. The maximum atomic E-state index is 12.1. The molecule has 0 spiro atoms. The molecule has 2 aromatic carbocycles. The van der Waals surface area contributed by atoms with Crippen molar-refractivity contribution in [3.8, 4) is 11.5 Å².